The molecule has 0 aromatic heterocycles. The largest absolute Gasteiger partial charge is 0.465 e. The Morgan fingerprint density at radius 2 is 2.12 bits per heavy atom. The van der Waals surface area contributed by atoms with E-state index in [0.29, 0.717) is 24.2 Å². The van der Waals surface area contributed by atoms with Crippen LogP contribution in [0, 0.1) is 34.5 Å². The fourth-order valence-electron chi connectivity index (χ4n) is 6.70. The third-order valence-electron chi connectivity index (χ3n) is 8.36. The number of carbonyl (C=O) groups is 3. The van der Waals surface area contributed by atoms with Crippen LogP contribution in [0.1, 0.15) is 64.2 Å². The summed E-state index contributed by atoms with van der Waals surface area (Å²) in [7, 11) is 1.60. The Morgan fingerprint density at radius 1 is 1.33 bits per heavy atom. The van der Waals surface area contributed by atoms with Crippen LogP contribution in [0.15, 0.2) is 0 Å². The zero-order valence-electron chi connectivity index (χ0n) is 19.4. The average Bonchev–Trinajstić information content (AvgIpc) is 3.45. The smallest absolute Gasteiger partial charge is 0.405 e. The van der Waals surface area contributed by atoms with E-state index in [1.54, 1.807) is 11.6 Å². The Balaban J connectivity index is 1.38. The maximum Gasteiger partial charge on any atom is 0.405 e. The molecule has 3 fully saturated rings. The van der Waals surface area contributed by atoms with Gasteiger partial charge in [0.1, 0.15) is 18.2 Å². The summed E-state index contributed by atoms with van der Waals surface area (Å²) in [5.74, 6) is 0.144. The van der Waals surface area contributed by atoms with Crippen molar-refractivity contribution in [3.8, 4) is 6.07 Å². The van der Waals surface area contributed by atoms with E-state index in [0.717, 1.165) is 57.1 Å². The maximum absolute atomic E-state index is 13.5. The van der Waals surface area contributed by atoms with Crippen LogP contribution in [0.2, 0.25) is 0 Å². The van der Waals surface area contributed by atoms with Gasteiger partial charge in [0.15, 0.2) is 5.71 Å². The van der Waals surface area contributed by atoms with Gasteiger partial charge in [-0.25, -0.2) is 4.79 Å². The van der Waals surface area contributed by atoms with Crippen LogP contribution in [-0.4, -0.2) is 59.9 Å². The van der Waals surface area contributed by atoms with Gasteiger partial charge >= 0.3 is 11.9 Å². The molecule has 9 heteroatoms. The van der Waals surface area contributed by atoms with E-state index in [4.69, 9.17) is 16.2 Å². The van der Waals surface area contributed by atoms with Crippen molar-refractivity contribution in [2.24, 2.45) is 34.6 Å². The van der Waals surface area contributed by atoms with Crippen LogP contribution in [0.4, 0.5) is 0 Å². The number of hydrogen-bond acceptors (Lipinski definition) is 7. The molecule has 180 valence electrons. The summed E-state index contributed by atoms with van der Waals surface area (Å²) in [6, 6.07) is 0.585. The minimum Gasteiger partial charge on any atom is -0.465 e. The number of rotatable bonds is 9. The summed E-state index contributed by atoms with van der Waals surface area (Å²) < 4.78 is 7.15. The monoisotopic (exact) mass is 458 g/mol. The zero-order valence-corrected chi connectivity index (χ0v) is 19.4. The molecule has 7 atom stereocenters. The van der Waals surface area contributed by atoms with Gasteiger partial charge in [0, 0.05) is 12.8 Å². The number of carbonyl (C=O) groups excluding carboxylic acids is 3. The highest BCUT2D eigenvalue weighted by Crippen LogP contribution is 2.53. The van der Waals surface area contributed by atoms with Crippen molar-refractivity contribution in [2.45, 2.75) is 82.3 Å². The summed E-state index contributed by atoms with van der Waals surface area (Å²) in [6.07, 6.45) is 8.28. The first-order valence-electron chi connectivity index (χ1n) is 12.2. The maximum atomic E-state index is 13.5. The van der Waals surface area contributed by atoms with Crippen molar-refractivity contribution >= 4 is 23.5 Å². The Kier molecular flexibility index (Phi) is 6.87. The van der Waals surface area contributed by atoms with Crippen LogP contribution in [0.25, 0.3) is 0 Å². The number of nitrogens with two attached hydrogens (primary N) is 2. The van der Waals surface area contributed by atoms with E-state index in [2.05, 4.69) is 11.4 Å². The van der Waals surface area contributed by atoms with Crippen LogP contribution in [0.3, 0.4) is 0 Å². The van der Waals surface area contributed by atoms with Crippen molar-refractivity contribution in [1.82, 2.24) is 5.32 Å². The van der Waals surface area contributed by atoms with Gasteiger partial charge in [-0.05, 0) is 56.4 Å². The quantitative estimate of drug-likeness (QED) is 0.338. The number of likely N-dealkylation sites (N-methyl/N-ethyl adjacent to an activating group) is 1. The third kappa shape index (κ3) is 4.82. The second kappa shape index (κ2) is 9.51. The molecule has 2 amide bonds. The van der Waals surface area contributed by atoms with E-state index in [1.807, 2.05) is 0 Å². The number of ether oxygens (including phenoxy) is 1. The van der Waals surface area contributed by atoms with Gasteiger partial charge in [-0.2, -0.15) is 9.84 Å². The molecule has 0 aromatic rings. The van der Waals surface area contributed by atoms with E-state index in [9.17, 15) is 19.6 Å². The first-order valence-corrected chi connectivity index (χ1v) is 12.2. The number of hydrogen-bond donors (Lipinski definition) is 3. The van der Waals surface area contributed by atoms with Gasteiger partial charge in [0.25, 0.3) is 0 Å². The lowest BCUT2D eigenvalue weighted by molar-refractivity contribution is -0.469. The topological polar surface area (TPSA) is 151 Å². The second-order valence-corrected chi connectivity index (χ2v) is 10.6. The minimum absolute atomic E-state index is 0.0763. The van der Waals surface area contributed by atoms with E-state index in [-0.39, 0.29) is 30.4 Å². The number of nitrogens with zero attached hydrogens (tertiary/aromatic N) is 2. The SMILES string of the molecule is CNC(CC(N)=O)C(=O)OCCC1CC2CCCC(C(N)C(=O)[N+]3=C4CC4CC3C#N)(C2)C1. The molecule has 9 nitrogen and oxygen atoms in total. The van der Waals surface area contributed by atoms with Crippen molar-refractivity contribution in [3.05, 3.63) is 0 Å². The number of esters is 1. The van der Waals surface area contributed by atoms with Gasteiger partial charge in [0.2, 0.25) is 11.9 Å². The standard InChI is InChI=1S/C24H35N5O4/c1-28-18(10-20(26)30)23(32)33-6-4-15-7-14-3-2-5-24(11-14,12-15)21(27)22(31)29-17(13-25)8-16-9-19(16)29/h14-18,21,28H,2-12,27H2,1H3,(H-,26,30)/p+1. The van der Waals surface area contributed by atoms with Crippen LogP contribution < -0.4 is 16.8 Å². The van der Waals surface area contributed by atoms with Crippen molar-refractivity contribution in [3.63, 3.8) is 0 Å². The molecule has 1 heterocycles. The lowest BCUT2D eigenvalue weighted by atomic mass is 9.55. The summed E-state index contributed by atoms with van der Waals surface area (Å²) in [4.78, 5) is 36.9. The first-order chi connectivity index (χ1) is 15.8. The summed E-state index contributed by atoms with van der Waals surface area (Å²) in [6.45, 7) is 0.272. The molecule has 0 aromatic carbocycles. The summed E-state index contributed by atoms with van der Waals surface area (Å²) in [5, 5.41) is 12.3. The van der Waals surface area contributed by atoms with Crippen molar-refractivity contribution < 1.29 is 23.7 Å². The summed E-state index contributed by atoms with van der Waals surface area (Å²) >= 11 is 0. The number of nitrogens with one attached hydrogen (secondary N) is 1. The predicted molar refractivity (Wildman–Crippen MR) is 120 cm³/mol. The second-order valence-electron chi connectivity index (χ2n) is 10.6. The molecule has 1 aliphatic heterocycles. The lowest BCUT2D eigenvalue weighted by Crippen LogP contribution is -2.56. The molecule has 3 aliphatic carbocycles. The molecule has 5 N–H and O–H groups in total. The molecule has 4 aliphatic rings. The normalized spacial score (nSPS) is 34.1. The molecule has 4 rings (SSSR count). The molecule has 7 unspecified atom stereocenters. The fourth-order valence-corrected chi connectivity index (χ4v) is 6.70. The molecule has 0 saturated heterocycles. The highest BCUT2D eigenvalue weighted by molar-refractivity contribution is 6.01. The minimum atomic E-state index is -0.733. The van der Waals surface area contributed by atoms with Crippen LogP contribution in [0.5, 0.6) is 0 Å². The molecule has 0 radical (unpaired) electrons. The average molecular weight is 459 g/mol. The molecular formula is C24H36N5O4+. The van der Waals surface area contributed by atoms with Gasteiger partial charge in [0.05, 0.1) is 18.9 Å². The molecule has 33 heavy (non-hydrogen) atoms. The Hall–Kier alpha value is -2.31. The molecular weight excluding hydrogens is 422 g/mol. The van der Waals surface area contributed by atoms with Gasteiger partial charge in [-0.15, -0.1) is 0 Å². The lowest BCUT2D eigenvalue weighted by Gasteiger charge is -2.50. The van der Waals surface area contributed by atoms with Gasteiger partial charge in [-0.1, -0.05) is 12.8 Å². The van der Waals surface area contributed by atoms with Gasteiger partial charge in [-0.3, -0.25) is 9.59 Å². The number of primary amides is 1. The highest BCUT2D eigenvalue weighted by atomic mass is 16.5. The number of nitriles is 1. The number of amides is 2. The Labute approximate surface area is 194 Å². The third-order valence-corrected chi connectivity index (χ3v) is 8.36. The highest BCUT2D eigenvalue weighted by Gasteiger charge is 2.59. The fraction of sp³-hybridized carbons (Fsp3) is 0.792. The number of fused-ring (bicyclic) bond motifs is 3. The zero-order chi connectivity index (χ0) is 23.8. The molecule has 3 saturated carbocycles. The van der Waals surface area contributed by atoms with E-state index >= 15 is 0 Å². The molecule has 0 spiro atoms. The molecule has 2 bridgehead atoms. The van der Waals surface area contributed by atoms with E-state index in [1.165, 1.54) is 0 Å². The predicted octanol–water partition coefficient (Wildman–Crippen LogP) is 0.593. The van der Waals surface area contributed by atoms with E-state index < -0.39 is 24.0 Å². The summed E-state index contributed by atoms with van der Waals surface area (Å²) in [5.41, 5.74) is 12.7. The van der Waals surface area contributed by atoms with Crippen molar-refractivity contribution in [2.75, 3.05) is 13.7 Å². The Morgan fingerprint density at radius 3 is 2.82 bits per heavy atom. The van der Waals surface area contributed by atoms with Crippen molar-refractivity contribution in [1.29, 1.82) is 5.26 Å². The van der Waals surface area contributed by atoms with Crippen LogP contribution in [-0.2, 0) is 19.1 Å². The Bertz CT molecular complexity index is 896. The first kappa shape index (κ1) is 23.8. The van der Waals surface area contributed by atoms with Crippen LogP contribution >= 0.6 is 0 Å². The van der Waals surface area contributed by atoms with Gasteiger partial charge < -0.3 is 21.5 Å².